The van der Waals surface area contributed by atoms with Crippen LogP contribution in [0.1, 0.15) is 12.8 Å². The second kappa shape index (κ2) is 11.6. The molecule has 1 fully saturated rings. The van der Waals surface area contributed by atoms with Gasteiger partial charge in [-0.3, -0.25) is 9.69 Å². The van der Waals surface area contributed by atoms with Gasteiger partial charge in [-0.1, -0.05) is 0 Å². The van der Waals surface area contributed by atoms with Crippen LogP contribution in [-0.4, -0.2) is 90.0 Å². The van der Waals surface area contributed by atoms with Crippen LogP contribution in [0.2, 0.25) is 0 Å². The highest BCUT2D eigenvalue weighted by molar-refractivity contribution is 5.77. The molecule has 0 aromatic carbocycles. The highest BCUT2D eigenvalue weighted by Crippen LogP contribution is 2.13. The number of aliphatic carboxylic acids is 2. The van der Waals surface area contributed by atoms with Gasteiger partial charge in [0.15, 0.2) is 0 Å². The first kappa shape index (κ1) is 27.1. The van der Waals surface area contributed by atoms with Gasteiger partial charge in [-0.05, 0) is 12.8 Å². The average molecular weight is 413 g/mol. The highest BCUT2D eigenvalue weighted by atomic mass is 19.4. The molecule has 1 aliphatic rings. The van der Waals surface area contributed by atoms with E-state index in [-0.39, 0.29) is 5.91 Å². The molecule has 1 aliphatic heterocycles. The van der Waals surface area contributed by atoms with Crippen LogP contribution >= 0.6 is 0 Å². The Morgan fingerprint density at radius 1 is 0.963 bits per heavy atom. The van der Waals surface area contributed by atoms with Gasteiger partial charge in [0.05, 0.1) is 6.54 Å². The minimum atomic E-state index is -5.08. The minimum Gasteiger partial charge on any atom is -0.475 e. The van der Waals surface area contributed by atoms with Crippen LogP contribution in [0, 0.1) is 0 Å². The molecule has 0 radical (unpaired) electrons. The van der Waals surface area contributed by atoms with Gasteiger partial charge in [0.1, 0.15) is 0 Å². The third kappa shape index (κ3) is 14.7. The first-order valence-corrected chi connectivity index (χ1v) is 7.26. The van der Waals surface area contributed by atoms with Crippen LogP contribution in [0.15, 0.2) is 0 Å². The van der Waals surface area contributed by atoms with Crippen LogP contribution in [0.3, 0.4) is 0 Å². The first-order valence-electron chi connectivity index (χ1n) is 7.26. The van der Waals surface area contributed by atoms with Crippen molar-refractivity contribution in [3.63, 3.8) is 0 Å². The number of hydrogen-bond acceptors (Lipinski definition) is 5. The molecule has 14 heteroatoms. The van der Waals surface area contributed by atoms with E-state index in [4.69, 9.17) is 25.5 Å². The summed E-state index contributed by atoms with van der Waals surface area (Å²) in [6, 6.07) is 0.339. The zero-order chi connectivity index (χ0) is 22.0. The van der Waals surface area contributed by atoms with Crippen LogP contribution in [-0.2, 0) is 14.4 Å². The monoisotopic (exact) mass is 413 g/mol. The van der Waals surface area contributed by atoms with Crippen molar-refractivity contribution in [3.8, 4) is 0 Å². The normalized spacial score (nSPS) is 15.6. The molecule has 0 aliphatic carbocycles. The lowest BCUT2D eigenvalue weighted by atomic mass is 10.1. The fourth-order valence-corrected chi connectivity index (χ4v) is 1.44. The van der Waals surface area contributed by atoms with Gasteiger partial charge in [0.25, 0.3) is 0 Å². The number of carboxylic acid groups (broad SMARTS) is 2. The molecule has 1 heterocycles. The Balaban J connectivity index is 0. The average Bonchev–Trinajstić information content (AvgIpc) is 2.48. The van der Waals surface area contributed by atoms with E-state index < -0.39 is 24.3 Å². The number of nitrogens with two attached hydrogens (primary N) is 1. The molecule has 0 saturated carbocycles. The van der Waals surface area contributed by atoms with Crippen LogP contribution < -0.4 is 5.73 Å². The Morgan fingerprint density at radius 3 is 1.48 bits per heavy atom. The molecule has 0 unspecified atom stereocenters. The third-order valence-electron chi connectivity index (χ3n) is 2.97. The third-order valence-corrected chi connectivity index (χ3v) is 2.97. The van der Waals surface area contributed by atoms with Gasteiger partial charge in [0, 0.05) is 33.2 Å². The van der Waals surface area contributed by atoms with E-state index >= 15 is 0 Å². The smallest absolute Gasteiger partial charge is 0.475 e. The van der Waals surface area contributed by atoms with Crippen molar-refractivity contribution in [2.24, 2.45) is 5.73 Å². The number of hydrogen-bond donors (Lipinski definition) is 3. The van der Waals surface area contributed by atoms with Gasteiger partial charge in [0.2, 0.25) is 5.91 Å². The van der Waals surface area contributed by atoms with Crippen molar-refractivity contribution in [2.75, 3.05) is 33.7 Å². The van der Waals surface area contributed by atoms with E-state index in [1.54, 1.807) is 19.0 Å². The molecule has 8 nitrogen and oxygen atoms in total. The molecule has 160 valence electrons. The zero-order valence-corrected chi connectivity index (χ0v) is 14.5. The van der Waals surface area contributed by atoms with Crippen molar-refractivity contribution in [1.82, 2.24) is 9.80 Å². The molecular formula is C13H21F6N3O5. The van der Waals surface area contributed by atoms with E-state index in [9.17, 15) is 31.1 Å². The van der Waals surface area contributed by atoms with Crippen molar-refractivity contribution in [1.29, 1.82) is 0 Å². The summed E-state index contributed by atoms with van der Waals surface area (Å²) in [5, 5.41) is 14.2. The number of nitrogens with zero attached hydrogens (tertiary/aromatic N) is 2. The van der Waals surface area contributed by atoms with E-state index in [1.165, 1.54) is 0 Å². The second-order valence-electron chi connectivity index (χ2n) is 5.51. The Morgan fingerprint density at radius 2 is 1.26 bits per heavy atom. The number of likely N-dealkylation sites (tertiary alicyclic amines) is 1. The number of carboxylic acids is 2. The molecule has 0 spiro atoms. The van der Waals surface area contributed by atoms with Crippen LogP contribution in [0.4, 0.5) is 26.3 Å². The maximum absolute atomic E-state index is 11.3. The summed E-state index contributed by atoms with van der Waals surface area (Å²) in [5.41, 5.74) is 5.77. The number of carbonyl (C=O) groups excluding carboxylic acids is 1. The fourth-order valence-electron chi connectivity index (χ4n) is 1.44. The molecular weight excluding hydrogens is 392 g/mol. The topological polar surface area (TPSA) is 124 Å². The molecule has 1 amide bonds. The standard InChI is InChI=1S/C9H19N3O.2C2HF3O2/c1-11(2)9(13)7-12-5-3-8(10)4-6-12;2*3-2(4,5)1(6)7/h8H,3-7,10H2,1-2H3;2*(H,6,7). The molecule has 0 aromatic heterocycles. The van der Waals surface area contributed by atoms with Crippen molar-refractivity contribution in [3.05, 3.63) is 0 Å². The van der Waals surface area contributed by atoms with Crippen molar-refractivity contribution < 1.29 is 50.9 Å². The van der Waals surface area contributed by atoms with E-state index in [0.717, 1.165) is 25.9 Å². The Bertz CT molecular complexity index is 464. The molecule has 0 atom stereocenters. The number of carbonyl (C=O) groups is 3. The van der Waals surface area contributed by atoms with E-state index in [2.05, 4.69) is 4.90 Å². The van der Waals surface area contributed by atoms with Crippen molar-refractivity contribution in [2.45, 2.75) is 31.2 Å². The lowest BCUT2D eigenvalue weighted by molar-refractivity contribution is -0.193. The maximum Gasteiger partial charge on any atom is 0.490 e. The predicted octanol–water partition coefficient (Wildman–Crippen LogP) is 0.764. The SMILES string of the molecule is CN(C)C(=O)CN1CCC(N)CC1.O=C(O)C(F)(F)F.O=C(O)C(F)(F)F. The van der Waals surface area contributed by atoms with E-state index in [0.29, 0.717) is 12.6 Å². The summed E-state index contributed by atoms with van der Waals surface area (Å²) in [6.07, 6.45) is -8.14. The quantitative estimate of drug-likeness (QED) is 0.571. The highest BCUT2D eigenvalue weighted by Gasteiger charge is 2.38. The number of likely N-dealkylation sites (N-methyl/N-ethyl adjacent to an activating group) is 1. The second-order valence-corrected chi connectivity index (χ2v) is 5.51. The lowest BCUT2D eigenvalue weighted by Gasteiger charge is -2.30. The number of piperidine rings is 1. The van der Waals surface area contributed by atoms with Gasteiger partial charge in [-0.25, -0.2) is 9.59 Å². The summed E-state index contributed by atoms with van der Waals surface area (Å²) in [6.45, 7) is 2.46. The summed E-state index contributed by atoms with van der Waals surface area (Å²) >= 11 is 0. The molecule has 27 heavy (non-hydrogen) atoms. The Kier molecular flexibility index (Phi) is 11.6. The largest absolute Gasteiger partial charge is 0.490 e. The predicted molar refractivity (Wildman–Crippen MR) is 79.7 cm³/mol. The van der Waals surface area contributed by atoms with Gasteiger partial charge < -0.3 is 20.8 Å². The van der Waals surface area contributed by atoms with Crippen LogP contribution in [0.25, 0.3) is 0 Å². The van der Waals surface area contributed by atoms with Gasteiger partial charge in [-0.15, -0.1) is 0 Å². The molecule has 0 bridgehead atoms. The van der Waals surface area contributed by atoms with Crippen LogP contribution in [0.5, 0.6) is 0 Å². The van der Waals surface area contributed by atoms with E-state index in [1.807, 2.05) is 0 Å². The number of rotatable bonds is 2. The maximum atomic E-state index is 11.3. The first-order chi connectivity index (χ1) is 12.0. The van der Waals surface area contributed by atoms with Gasteiger partial charge >= 0.3 is 24.3 Å². The summed E-state index contributed by atoms with van der Waals surface area (Å²) in [4.78, 5) is 32.9. The molecule has 4 N–H and O–H groups in total. The lowest BCUT2D eigenvalue weighted by Crippen LogP contribution is -2.44. The number of halogens is 6. The number of alkyl halides is 6. The van der Waals surface area contributed by atoms with Gasteiger partial charge in [-0.2, -0.15) is 26.3 Å². The zero-order valence-electron chi connectivity index (χ0n) is 14.5. The Hall–Kier alpha value is -2.09. The summed E-state index contributed by atoms with van der Waals surface area (Å²) in [5.74, 6) is -5.34. The van der Waals surface area contributed by atoms with Crippen molar-refractivity contribution >= 4 is 17.8 Å². The minimum absolute atomic E-state index is 0.176. The number of amides is 1. The summed E-state index contributed by atoms with van der Waals surface area (Å²) < 4.78 is 63.5. The molecule has 1 rings (SSSR count). The Labute approximate surface area is 150 Å². The molecule has 0 aromatic rings. The summed E-state index contributed by atoms with van der Waals surface area (Å²) in [7, 11) is 3.58. The molecule has 1 saturated heterocycles. The fraction of sp³-hybridized carbons (Fsp3) is 0.769.